The molecule has 4 aliphatic rings. The molecule has 192 valence electrons. The molecule has 14 heteroatoms. The minimum Gasteiger partial charge on any atom is -0.333 e. The molecule has 2 bridgehead atoms. The van der Waals surface area contributed by atoms with Gasteiger partial charge in [-0.05, 0) is 58.9 Å². The third kappa shape index (κ3) is 3.93. The van der Waals surface area contributed by atoms with Crippen LogP contribution in [0.1, 0.15) is 30.4 Å². The van der Waals surface area contributed by atoms with Gasteiger partial charge in [0, 0.05) is 30.6 Å². The van der Waals surface area contributed by atoms with Crippen LogP contribution in [0.15, 0.2) is 31.5 Å². The monoisotopic (exact) mass is 568 g/mol. The van der Waals surface area contributed by atoms with Gasteiger partial charge in [0.1, 0.15) is 15.7 Å². The van der Waals surface area contributed by atoms with Crippen LogP contribution in [0.5, 0.6) is 0 Å². The van der Waals surface area contributed by atoms with Gasteiger partial charge in [0.15, 0.2) is 11.7 Å². The topological polar surface area (TPSA) is 142 Å². The van der Waals surface area contributed by atoms with Crippen LogP contribution in [0, 0.1) is 23.7 Å². The lowest BCUT2D eigenvalue weighted by molar-refractivity contribution is -0.153. The van der Waals surface area contributed by atoms with Crippen LogP contribution in [-0.2, 0) is 42.7 Å². The molecule has 0 aromatic carbocycles. The van der Waals surface area contributed by atoms with Crippen molar-refractivity contribution in [3.05, 3.63) is 33.3 Å². The van der Waals surface area contributed by atoms with Crippen LogP contribution in [0.3, 0.4) is 0 Å². The maximum absolute atomic E-state index is 13.8. The number of amidine groups is 1. The van der Waals surface area contributed by atoms with Gasteiger partial charge in [0.05, 0.1) is 6.26 Å². The Bertz CT molecular complexity index is 1490. The number of anilines is 1. The molecule has 1 saturated heterocycles. The lowest BCUT2D eigenvalue weighted by Gasteiger charge is -2.45. The van der Waals surface area contributed by atoms with Crippen molar-refractivity contribution in [2.75, 3.05) is 11.6 Å². The third-order valence-electron chi connectivity index (χ3n) is 7.64. The number of sulfonamides is 2. The number of fused-ring (bicyclic) bond motifs is 6. The van der Waals surface area contributed by atoms with E-state index in [9.17, 15) is 26.4 Å². The summed E-state index contributed by atoms with van der Waals surface area (Å²) >= 11 is 2.61. The van der Waals surface area contributed by atoms with Gasteiger partial charge in [0.25, 0.3) is 10.0 Å². The maximum atomic E-state index is 13.8. The summed E-state index contributed by atoms with van der Waals surface area (Å²) in [5, 5.41) is 8.63. The van der Waals surface area contributed by atoms with Crippen LogP contribution >= 0.6 is 22.7 Å². The molecule has 0 spiro atoms. The molecule has 0 radical (unpaired) electrons. The zero-order chi connectivity index (χ0) is 25.4. The SMILES string of the molecule is CS(=O)(=O)NCc1csc2c1S(=O)(=O)N=C(C1C(=O)C3C4CCC(C4)C3N(Cc3ccsc3)C1=O)N2. The molecule has 2 aliphatic carbocycles. The molecule has 10 nitrogen and oxygen atoms in total. The van der Waals surface area contributed by atoms with Crippen LogP contribution in [0.25, 0.3) is 0 Å². The molecule has 36 heavy (non-hydrogen) atoms. The van der Waals surface area contributed by atoms with E-state index in [4.69, 9.17) is 0 Å². The standard InChI is InChI=1S/C22H24N4O6S4/c1-35(29,30)23-7-14-10-34-21-19(14)36(31,32)25-20(24-21)16-18(27)15-12-2-3-13(6-12)17(15)26(22(16)28)8-11-4-5-33-9-11/h4-5,9-10,12-13,15-17,23H,2-3,6-8H2,1H3,(H,24,25). The van der Waals surface area contributed by atoms with Crippen LogP contribution in [-0.4, -0.2) is 51.6 Å². The van der Waals surface area contributed by atoms with Gasteiger partial charge < -0.3 is 10.2 Å². The third-order valence-corrected chi connectivity index (χ3v) is 11.5. The van der Waals surface area contributed by atoms with E-state index >= 15 is 0 Å². The molecule has 3 fully saturated rings. The Hall–Kier alpha value is -2.13. The Balaban J connectivity index is 1.36. The molecular weight excluding hydrogens is 545 g/mol. The summed E-state index contributed by atoms with van der Waals surface area (Å²) in [4.78, 5) is 29.3. The van der Waals surface area contributed by atoms with Gasteiger partial charge in [-0.3, -0.25) is 9.59 Å². The molecule has 5 unspecified atom stereocenters. The number of Topliss-reactive ketones (excluding diaryl/α,β-unsaturated/α-hetero) is 1. The molecule has 2 N–H and O–H groups in total. The van der Waals surface area contributed by atoms with E-state index in [1.54, 1.807) is 4.90 Å². The number of ketones is 1. The highest BCUT2D eigenvalue weighted by molar-refractivity contribution is 7.91. The second kappa shape index (κ2) is 8.45. The summed E-state index contributed by atoms with van der Waals surface area (Å²) in [6.45, 7) is 0.168. The van der Waals surface area contributed by atoms with E-state index < -0.39 is 31.9 Å². The molecule has 1 amide bonds. The van der Waals surface area contributed by atoms with Crippen LogP contribution in [0.4, 0.5) is 5.00 Å². The highest BCUT2D eigenvalue weighted by Crippen LogP contribution is 2.54. The van der Waals surface area contributed by atoms with Crippen molar-refractivity contribution in [3.8, 4) is 0 Å². The predicted octanol–water partition coefficient (Wildman–Crippen LogP) is 2.01. The smallest absolute Gasteiger partial charge is 0.287 e. The van der Waals surface area contributed by atoms with Crippen LogP contribution < -0.4 is 10.0 Å². The van der Waals surface area contributed by atoms with Gasteiger partial charge in [0.2, 0.25) is 15.9 Å². The first-order valence-electron chi connectivity index (χ1n) is 11.6. The predicted molar refractivity (Wildman–Crippen MR) is 136 cm³/mol. The van der Waals surface area contributed by atoms with E-state index in [1.165, 1.54) is 16.7 Å². The molecule has 2 saturated carbocycles. The Morgan fingerprint density at radius 2 is 2.00 bits per heavy atom. The van der Waals surface area contributed by atoms with E-state index in [0.717, 1.165) is 42.4 Å². The number of hydrogen-bond acceptors (Lipinski definition) is 9. The number of hydrogen-bond donors (Lipinski definition) is 2. The van der Waals surface area contributed by atoms with Crippen molar-refractivity contribution < 1.29 is 26.4 Å². The number of likely N-dealkylation sites (tertiary alicyclic amines) is 1. The molecule has 2 aromatic rings. The fourth-order valence-corrected chi connectivity index (χ4v) is 10.00. The normalized spacial score (nSPS) is 30.6. The first-order valence-corrected chi connectivity index (χ1v) is 16.7. The Labute approximate surface area is 216 Å². The van der Waals surface area contributed by atoms with E-state index in [-0.39, 0.29) is 57.4 Å². The number of amides is 1. The number of carbonyl (C=O) groups is 2. The zero-order valence-electron chi connectivity index (χ0n) is 19.2. The highest BCUT2D eigenvalue weighted by atomic mass is 32.2. The minimum absolute atomic E-state index is 0.129. The maximum Gasteiger partial charge on any atom is 0.287 e. The summed E-state index contributed by atoms with van der Waals surface area (Å²) in [7, 11) is -7.80. The van der Waals surface area contributed by atoms with Crippen molar-refractivity contribution in [3.63, 3.8) is 0 Å². The van der Waals surface area contributed by atoms with Crippen LogP contribution in [0.2, 0.25) is 0 Å². The first-order chi connectivity index (χ1) is 17.0. The number of thiophene rings is 2. The van der Waals surface area contributed by atoms with Gasteiger partial charge >= 0.3 is 0 Å². The minimum atomic E-state index is -4.26. The second-order valence-electron chi connectivity index (χ2n) is 9.87. The fraction of sp³-hybridized carbons (Fsp3) is 0.500. The van der Waals surface area contributed by atoms with E-state index in [1.807, 2.05) is 16.8 Å². The molecule has 6 rings (SSSR count). The van der Waals surface area contributed by atoms with E-state index in [0.29, 0.717) is 6.54 Å². The quantitative estimate of drug-likeness (QED) is 0.508. The summed E-state index contributed by atoms with van der Waals surface area (Å²) in [6.07, 6.45) is 3.83. The van der Waals surface area contributed by atoms with Crippen molar-refractivity contribution in [2.24, 2.45) is 28.1 Å². The number of piperidine rings is 1. The van der Waals surface area contributed by atoms with Crippen molar-refractivity contribution in [1.29, 1.82) is 0 Å². The molecule has 2 aromatic heterocycles. The fourth-order valence-electron chi connectivity index (χ4n) is 6.27. The summed E-state index contributed by atoms with van der Waals surface area (Å²) in [5.74, 6) is -1.99. The highest BCUT2D eigenvalue weighted by Gasteiger charge is 2.60. The average Bonchev–Trinajstić information content (AvgIpc) is 3.58. The van der Waals surface area contributed by atoms with Gasteiger partial charge in [-0.15, -0.1) is 15.7 Å². The molecule has 4 heterocycles. The molecule has 2 aliphatic heterocycles. The average molecular weight is 569 g/mol. The zero-order valence-corrected chi connectivity index (χ0v) is 22.5. The first kappa shape index (κ1) is 24.2. The van der Waals surface area contributed by atoms with Gasteiger partial charge in [-0.2, -0.15) is 19.8 Å². The van der Waals surface area contributed by atoms with Gasteiger partial charge in [-0.1, -0.05) is 0 Å². The van der Waals surface area contributed by atoms with E-state index in [2.05, 4.69) is 14.4 Å². The van der Waals surface area contributed by atoms with Crippen molar-refractivity contribution in [2.45, 2.75) is 43.3 Å². The Kier molecular flexibility index (Phi) is 5.68. The number of nitrogens with zero attached hydrogens (tertiary/aromatic N) is 2. The largest absolute Gasteiger partial charge is 0.333 e. The Morgan fingerprint density at radius 3 is 2.72 bits per heavy atom. The summed E-state index contributed by atoms with van der Waals surface area (Å²) < 4.78 is 55.6. The van der Waals surface area contributed by atoms with Crippen molar-refractivity contribution in [1.82, 2.24) is 9.62 Å². The summed E-state index contributed by atoms with van der Waals surface area (Å²) in [5.41, 5.74) is 1.24. The molecular formula is C22H24N4O6S4. The number of nitrogens with one attached hydrogen (secondary N) is 2. The molecule has 5 atom stereocenters. The second-order valence-corrected chi connectivity index (χ2v) is 14.9. The van der Waals surface area contributed by atoms with Gasteiger partial charge in [-0.25, -0.2) is 13.1 Å². The number of rotatable bonds is 6. The Morgan fingerprint density at radius 1 is 1.22 bits per heavy atom. The number of carbonyl (C=O) groups excluding carboxylic acids is 2. The summed E-state index contributed by atoms with van der Waals surface area (Å²) in [6, 6.07) is 1.79. The van der Waals surface area contributed by atoms with Crippen molar-refractivity contribution >= 4 is 65.2 Å². The lowest BCUT2D eigenvalue weighted by Crippen LogP contribution is -2.61. The lowest BCUT2D eigenvalue weighted by atomic mass is 9.73.